The average Bonchev–Trinajstić information content (AvgIpc) is 2.70. The second-order valence-electron chi connectivity index (χ2n) is 7.35. The average molecular weight is 421 g/mol. The number of para-hydroxylation sites is 2. The van der Waals surface area contributed by atoms with Gasteiger partial charge in [0.05, 0.1) is 12.3 Å². The van der Waals surface area contributed by atoms with Crippen molar-refractivity contribution in [2.24, 2.45) is 0 Å². The van der Waals surface area contributed by atoms with Crippen LogP contribution in [0.25, 0.3) is 22.0 Å². The summed E-state index contributed by atoms with van der Waals surface area (Å²) in [5.41, 5.74) is 11.6. The van der Waals surface area contributed by atoms with Crippen molar-refractivity contribution in [1.82, 2.24) is 4.98 Å². The minimum atomic E-state index is 0. The zero-order chi connectivity index (χ0) is 20.4. The number of aromatic nitrogens is 2. The van der Waals surface area contributed by atoms with E-state index in [4.69, 9.17) is 15.5 Å². The van der Waals surface area contributed by atoms with Crippen LogP contribution < -0.4 is 33.2 Å². The molecule has 5 nitrogen and oxygen atoms in total. The fourth-order valence-corrected chi connectivity index (χ4v) is 3.32. The highest BCUT2D eigenvalue weighted by atomic mass is 35.5. The van der Waals surface area contributed by atoms with Crippen LogP contribution in [0.2, 0.25) is 0 Å². The molecule has 0 aliphatic carbocycles. The number of nitrogen functional groups attached to an aromatic ring is 1. The first-order valence-electron chi connectivity index (χ1n) is 9.72. The standard InChI is InChI=1S/C24H24N4O.ClH/c1-15(2)29-22-10-5-4-8-19(22)20-9-6-7-17-14-26-24(28-23(17)20)27-21-13-18(25)12-11-16(21)3;/h4-15H,25H2,1-3H3,(H,26,27,28);1H. The Balaban J connectivity index is 0.00000256. The maximum absolute atomic E-state index is 6.04. The number of hydrogen-bond donors (Lipinski definition) is 2. The Kier molecular flexibility index (Phi) is 6.43. The Morgan fingerprint density at radius 1 is 1.00 bits per heavy atom. The molecular formula is C24H25ClN4O. The lowest BCUT2D eigenvalue weighted by molar-refractivity contribution is -0.362. The number of aryl methyl sites for hydroxylation is 1. The number of rotatable bonds is 5. The van der Waals surface area contributed by atoms with Crippen molar-refractivity contribution < 1.29 is 22.1 Å². The molecule has 0 aliphatic heterocycles. The van der Waals surface area contributed by atoms with Gasteiger partial charge in [-0.1, -0.05) is 41.4 Å². The van der Waals surface area contributed by atoms with Gasteiger partial charge in [-0.25, -0.2) is 10.3 Å². The van der Waals surface area contributed by atoms with E-state index in [1.165, 1.54) is 0 Å². The number of benzene rings is 3. The van der Waals surface area contributed by atoms with Gasteiger partial charge in [0.2, 0.25) is 0 Å². The predicted molar refractivity (Wildman–Crippen MR) is 118 cm³/mol. The maximum atomic E-state index is 6.04. The molecule has 0 unspecified atom stereocenters. The second-order valence-corrected chi connectivity index (χ2v) is 7.35. The number of H-pyrrole nitrogens is 1. The molecule has 0 atom stereocenters. The molecule has 3 aromatic carbocycles. The number of nitrogens with zero attached hydrogens (tertiary/aromatic N) is 1. The smallest absolute Gasteiger partial charge is 0.394 e. The first kappa shape index (κ1) is 21.4. The molecule has 0 aliphatic rings. The largest absolute Gasteiger partial charge is 1.00 e. The van der Waals surface area contributed by atoms with E-state index in [0.29, 0.717) is 11.6 Å². The lowest BCUT2D eigenvalue weighted by atomic mass is 10.0. The van der Waals surface area contributed by atoms with E-state index in [2.05, 4.69) is 22.4 Å². The monoisotopic (exact) mass is 420 g/mol. The molecule has 1 heterocycles. The van der Waals surface area contributed by atoms with E-state index in [-0.39, 0.29) is 18.5 Å². The van der Waals surface area contributed by atoms with Crippen molar-refractivity contribution in [3.05, 3.63) is 72.4 Å². The molecule has 0 radical (unpaired) electrons. The fraction of sp³-hybridized carbons (Fsp3) is 0.167. The van der Waals surface area contributed by atoms with E-state index in [1.54, 1.807) is 0 Å². The SMILES string of the molecule is Cc1ccc(N)cc1Nc1nc2c(-c3ccccc3OC(C)C)cccc2c[nH+]1.[Cl-]. The van der Waals surface area contributed by atoms with Crippen molar-refractivity contribution in [3.63, 3.8) is 0 Å². The molecule has 0 saturated carbocycles. The molecule has 0 amide bonds. The number of fused-ring (bicyclic) bond motifs is 1. The second kappa shape index (κ2) is 9.01. The van der Waals surface area contributed by atoms with Gasteiger partial charge in [-0.15, -0.1) is 0 Å². The van der Waals surface area contributed by atoms with Crippen molar-refractivity contribution in [1.29, 1.82) is 0 Å². The third-order valence-corrected chi connectivity index (χ3v) is 4.71. The summed E-state index contributed by atoms with van der Waals surface area (Å²) in [4.78, 5) is 8.11. The van der Waals surface area contributed by atoms with Gasteiger partial charge < -0.3 is 22.9 Å². The van der Waals surface area contributed by atoms with Crippen molar-refractivity contribution in [3.8, 4) is 16.9 Å². The van der Waals surface area contributed by atoms with Gasteiger partial charge in [0, 0.05) is 28.3 Å². The van der Waals surface area contributed by atoms with Crippen LogP contribution in [-0.4, -0.2) is 11.1 Å². The third kappa shape index (κ3) is 4.47. The van der Waals surface area contributed by atoms with Crippen LogP contribution in [0.3, 0.4) is 0 Å². The van der Waals surface area contributed by atoms with E-state index < -0.39 is 0 Å². The van der Waals surface area contributed by atoms with Crippen LogP contribution in [0, 0.1) is 6.92 Å². The molecular weight excluding hydrogens is 396 g/mol. The summed E-state index contributed by atoms with van der Waals surface area (Å²) in [5, 5.41) is 4.38. The molecule has 4 N–H and O–H groups in total. The number of ether oxygens (including phenoxy) is 1. The molecule has 0 fully saturated rings. The van der Waals surface area contributed by atoms with E-state index in [1.807, 2.05) is 75.5 Å². The van der Waals surface area contributed by atoms with Gasteiger partial charge in [-0.05, 0) is 44.5 Å². The van der Waals surface area contributed by atoms with Gasteiger partial charge in [-0.2, -0.15) is 0 Å². The van der Waals surface area contributed by atoms with Gasteiger partial charge in [0.25, 0.3) is 0 Å². The molecule has 1 aromatic heterocycles. The Labute approximate surface area is 182 Å². The number of nitrogens with two attached hydrogens (primary N) is 1. The van der Waals surface area contributed by atoms with Crippen LogP contribution in [0.1, 0.15) is 19.4 Å². The summed E-state index contributed by atoms with van der Waals surface area (Å²) in [6.45, 7) is 6.10. The van der Waals surface area contributed by atoms with Crippen LogP contribution >= 0.6 is 0 Å². The van der Waals surface area contributed by atoms with Crippen LogP contribution in [-0.2, 0) is 0 Å². The van der Waals surface area contributed by atoms with Crippen molar-refractivity contribution in [2.45, 2.75) is 26.9 Å². The zero-order valence-corrected chi connectivity index (χ0v) is 18.0. The molecule has 30 heavy (non-hydrogen) atoms. The lowest BCUT2D eigenvalue weighted by Gasteiger charge is -2.14. The van der Waals surface area contributed by atoms with Gasteiger partial charge >= 0.3 is 5.95 Å². The van der Waals surface area contributed by atoms with Crippen molar-refractivity contribution in [2.75, 3.05) is 11.1 Å². The molecule has 4 rings (SSSR count). The van der Waals surface area contributed by atoms with Gasteiger partial charge in [0.15, 0.2) is 5.52 Å². The minimum absolute atomic E-state index is 0. The minimum Gasteiger partial charge on any atom is -1.00 e. The number of aromatic amines is 1. The molecule has 4 aromatic rings. The summed E-state index contributed by atoms with van der Waals surface area (Å²) in [6, 6.07) is 20.0. The van der Waals surface area contributed by atoms with E-state index in [9.17, 15) is 0 Å². The number of anilines is 3. The predicted octanol–water partition coefficient (Wildman–Crippen LogP) is 2.14. The third-order valence-electron chi connectivity index (χ3n) is 4.71. The maximum Gasteiger partial charge on any atom is 0.394 e. The van der Waals surface area contributed by atoms with Crippen LogP contribution in [0.5, 0.6) is 5.75 Å². The van der Waals surface area contributed by atoms with Gasteiger partial charge in [0.1, 0.15) is 11.4 Å². The number of nitrogens with one attached hydrogen (secondary N) is 2. The first-order valence-corrected chi connectivity index (χ1v) is 9.72. The van der Waals surface area contributed by atoms with Crippen LogP contribution in [0.15, 0.2) is 66.9 Å². The quantitative estimate of drug-likeness (QED) is 0.485. The summed E-state index contributed by atoms with van der Waals surface area (Å²) < 4.78 is 6.04. The summed E-state index contributed by atoms with van der Waals surface area (Å²) >= 11 is 0. The van der Waals surface area contributed by atoms with Gasteiger partial charge in [-0.3, -0.25) is 0 Å². The molecule has 0 bridgehead atoms. The topological polar surface area (TPSA) is 74.3 Å². The Hall–Kier alpha value is -3.31. The zero-order valence-electron chi connectivity index (χ0n) is 17.2. The van der Waals surface area contributed by atoms with E-state index in [0.717, 1.165) is 39.0 Å². The summed E-state index contributed by atoms with van der Waals surface area (Å²) in [5.74, 6) is 1.51. The van der Waals surface area contributed by atoms with Crippen LogP contribution in [0.4, 0.5) is 17.3 Å². The Morgan fingerprint density at radius 3 is 2.57 bits per heavy atom. The highest BCUT2D eigenvalue weighted by Gasteiger charge is 2.16. The van der Waals surface area contributed by atoms with E-state index >= 15 is 0 Å². The lowest BCUT2D eigenvalue weighted by Crippen LogP contribution is -3.00. The highest BCUT2D eigenvalue weighted by Crippen LogP contribution is 2.34. The molecule has 154 valence electrons. The normalized spacial score (nSPS) is 10.7. The Morgan fingerprint density at radius 2 is 1.77 bits per heavy atom. The number of hydrogen-bond acceptors (Lipinski definition) is 4. The summed E-state index contributed by atoms with van der Waals surface area (Å²) in [7, 11) is 0. The fourth-order valence-electron chi connectivity index (χ4n) is 3.32. The van der Waals surface area contributed by atoms with Crippen molar-refractivity contribution >= 4 is 28.2 Å². The number of halogens is 1. The first-order chi connectivity index (χ1) is 14.0. The summed E-state index contributed by atoms with van der Waals surface area (Å²) in [6.07, 6.45) is 2.05. The molecule has 0 saturated heterocycles. The Bertz CT molecular complexity index is 1180. The highest BCUT2D eigenvalue weighted by molar-refractivity contribution is 5.95. The molecule has 6 heteroatoms. The molecule has 0 spiro atoms.